The topological polar surface area (TPSA) is 130 Å². The molecule has 0 aromatic carbocycles. The smallest absolute Gasteiger partial charge is 0.383 e. The summed E-state index contributed by atoms with van der Waals surface area (Å²) in [5, 5.41) is 6.52. The van der Waals surface area contributed by atoms with Gasteiger partial charge in [-0.2, -0.15) is 18.3 Å². The molecule has 13 heteroatoms. The zero-order valence-electron chi connectivity index (χ0n) is 18.2. The second-order valence-corrected chi connectivity index (χ2v) is 8.08. The monoisotopic (exact) mass is 477 g/mol. The molecule has 0 aliphatic heterocycles. The number of nitrogens with two attached hydrogens (primary N) is 1. The van der Waals surface area contributed by atoms with Crippen LogP contribution in [0.15, 0.2) is 40.3 Å². The Balaban J connectivity index is 1.54. The maximum Gasteiger partial charge on any atom is 0.433 e. The number of nitrogen functional groups attached to an aromatic ring is 1. The Bertz CT molecular complexity index is 1340. The van der Waals surface area contributed by atoms with Crippen molar-refractivity contribution < 1.29 is 18.0 Å². The molecule has 10 nitrogen and oxygen atoms in total. The number of amides is 1. The highest BCUT2D eigenvalue weighted by molar-refractivity contribution is 6.05. The average Bonchev–Trinajstić information content (AvgIpc) is 3.49. The molecule has 4 rings (SSSR count). The van der Waals surface area contributed by atoms with Crippen LogP contribution in [0, 0.1) is 5.92 Å². The number of aromatic nitrogens is 5. The van der Waals surface area contributed by atoms with E-state index in [0.29, 0.717) is 5.56 Å². The van der Waals surface area contributed by atoms with E-state index in [4.69, 9.17) is 5.73 Å². The Kier molecular flexibility index (Phi) is 6.02. The third-order valence-electron chi connectivity index (χ3n) is 5.52. The van der Waals surface area contributed by atoms with E-state index in [1.165, 1.54) is 27.7 Å². The highest BCUT2D eigenvalue weighted by Crippen LogP contribution is 2.30. The van der Waals surface area contributed by atoms with Crippen LogP contribution in [0.1, 0.15) is 41.4 Å². The van der Waals surface area contributed by atoms with Gasteiger partial charge in [0.15, 0.2) is 0 Å². The van der Waals surface area contributed by atoms with Crippen LogP contribution in [-0.4, -0.2) is 29.8 Å². The Labute approximate surface area is 190 Å². The van der Waals surface area contributed by atoms with Gasteiger partial charge in [-0.25, -0.2) is 4.79 Å². The molecule has 1 aliphatic carbocycles. The van der Waals surface area contributed by atoms with Gasteiger partial charge in [-0.3, -0.25) is 28.4 Å². The van der Waals surface area contributed by atoms with E-state index in [0.717, 1.165) is 29.7 Å². The van der Waals surface area contributed by atoms with Crippen molar-refractivity contribution in [3.8, 4) is 0 Å². The third kappa shape index (κ3) is 4.72. The first-order chi connectivity index (χ1) is 16.1. The number of anilines is 2. The number of nitrogens with zero attached hydrogens (tertiary/aromatic N) is 5. The molecule has 1 aliphatic rings. The average molecular weight is 477 g/mol. The summed E-state index contributed by atoms with van der Waals surface area (Å²) in [6, 6.07) is 2.14. The number of hydrogen-bond acceptors (Lipinski definition) is 6. The van der Waals surface area contributed by atoms with E-state index in [-0.39, 0.29) is 42.6 Å². The van der Waals surface area contributed by atoms with Gasteiger partial charge in [0.2, 0.25) is 0 Å². The van der Waals surface area contributed by atoms with Gasteiger partial charge in [-0.1, -0.05) is 6.07 Å². The van der Waals surface area contributed by atoms with Crippen molar-refractivity contribution in [2.24, 2.45) is 5.92 Å². The number of carbonyl (C=O) groups is 1. The van der Waals surface area contributed by atoms with E-state index in [9.17, 15) is 27.6 Å². The molecule has 1 amide bonds. The summed E-state index contributed by atoms with van der Waals surface area (Å²) < 4.78 is 41.6. The lowest BCUT2D eigenvalue weighted by atomic mass is 10.2. The minimum atomic E-state index is -4.53. The van der Waals surface area contributed by atoms with Gasteiger partial charge in [0.25, 0.3) is 11.5 Å². The quantitative estimate of drug-likeness (QED) is 0.535. The van der Waals surface area contributed by atoms with Crippen LogP contribution in [0.25, 0.3) is 0 Å². The van der Waals surface area contributed by atoms with Gasteiger partial charge in [0.1, 0.15) is 17.2 Å². The summed E-state index contributed by atoms with van der Waals surface area (Å²) >= 11 is 0. The standard InChI is InChI=1S/C21H22F3N7O3/c1-2-30-17(25)16(19(33)31(20(30)34)10-12-3-4-12)28-18(32)14-8-27-29(11-14)9-13-5-6-15(26-7-13)21(22,23)24/h5-8,11-12H,2-4,9-10,25H2,1H3,(H,28,32). The molecular weight excluding hydrogens is 455 g/mol. The molecule has 1 fully saturated rings. The third-order valence-corrected chi connectivity index (χ3v) is 5.52. The SMILES string of the molecule is CCn1c(N)c(NC(=O)c2cnn(Cc3ccc(C(F)(F)F)nc3)c2)c(=O)n(CC2CC2)c1=O. The summed E-state index contributed by atoms with van der Waals surface area (Å²) in [7, 11) is 0. The number of hydrogen-bond donors (Lipinski definition) is 2. The molecule has 0 atom stereocenters. The minimum Gasteiger partial charge on any atom is -0.383 e. The summed E-state index contributed by atoms with van der Waals surface area (Å²) in [5.74, 6) is -0.554. The zero-order valence-corrected chi connectivity index (χ0v) is 18.2. The van der Waals surface area contributed by atoms with Crippen molar-refractivity contribution >= 4 is 17.4 Å². The lowest BCUT2D eigenvalue weighted by Crippen LogP contribution is -2.43. The number of alkyl halides is 3. The summed E-state index contributed by atoms with van der Waals surface area (Å²) in [6.45, 7) is 2.27. The fourth-order valence-electron chi connectivity index (χ4n) is 3.48. The fourth-order valence-corrected chi connectivity index (χ4v) is 3.48. The first kappa shape index (κ1) is 23.3. The molecule has 3 N–H and O–H groups in total. The zero-order chi connectivity index (χ0) is 24.6. The van der Waals surface area contributed by atoms with Gasteiger partial charge in [0, 0.05) is 25.5 Å². The molecular formula is C21H22F3N7O3. The van der Waals surface area contributed by atoms with Gasteiger partial charge in [-0.05, 0) is 37.3 Å². The highest BCUT2D eigenvalue weighted by Gasteiger charge is 2.32. The second kappa shape index (κ2) is 8.80. The van der Waals surface area contributed by atoms with E-state index < -0.39 is 29.0 Å². The molecule has 0 spiro atoms. The van der Waals surface area contributed by atoms with Gasteiger partial charge in [-0.15, -0.1) is 0 Å². The Morgan fingerprint density at radius 1 is 1.21 bits per heavy atom. The number of rotatable bonds is 7. The summed E-state index contributed by atoms with van der Waals surface area (Å²) in [5.41, 5.74) is 4.18. The van der Waals surface area contributed by atoms with Crippen LogP contribution in [0.2, 0.25) is 0 Å². The number of nitrogens with one attached hydrogen (secondary N) is 1. The number of halogens is 3. The van der Waals surface area contributed by atoms with Crippen LogP contribution >= 0.6 is 0 Å². The molecule has 1 saturated carbocycles. The van der Waals surface area contributed by atoms with Gasteiger partial charge in [0.05, 0.1) is 18.3 Å². The minimum absolute atomic E-state index is 0.0788. The van der Waals surface area contributed by atoms with Crippen LogP contribution < -0.4 is 22.3 Å². The van der Waals surface area contributed by atoms with E-state index in [1.54, 1.807) is 6.92 Å². The Morgan fingerprint density at radius 2 is 1.94 bits per heavy atom. The normalized spacial score (nSPS) is 13.8. The number of carbonyl (C=O) groups excluding carboxylic acids is 1. The van der Waals surface area contributed by atoms with Crippen molar-refractivity contribution in [1.82, 2.24) is 23.9 Å². The van der Waals surface area contributed by atoms with Crippen molar-refractivity contribution in [2.45, 2.75) is 45.6 Å². The van der Waals surface area contributed by atoms with Crippen LogP contribution in [0.4, 0.5) is 24.7 Å². The lowest BCUT2D eigenvalue weighted by Gasteiger charge is -2.15. The summed E-state index contributed by atoms with van der Waals surface area (Å²) in [4.78, 5) is 41.7. The molecule has 180 valence electrons. The first-order valence-electron chi connectivity index (χ1n) is 10.6. The second-order valence-electron chi connectivity index (χ2n) is 8.08. The highest BCUT2D eigenvalue weighted by atomic mass is 19.4. The molecule has 0 radical (unpaired) electrons. The number of pyridine rings is 1. The first-order valence-corrected chi connectivity index (χ1v) is 10.6. The van der Waals surface area contributed by atoms with Crippen LogP contribution in [-0.2, 0) is 25.8 Å². The van der Waals surface area contributed by atoms with Gasteiger partial charge < -0.3 is 11.1 Å². The lowest BCUT2D eigenvalue weighted by molar-refractivity contribution is -0.141. The Morgan fingerprint density at radius 3 is 2.53 bits per heavy atom. The molecule has 0 saturated heterocycles. The molecule has 0 bridgehead atoms. The van der Waals surface area contributed by atoms with Crippen LogP contribution in [0.5, 0.6) is 0 Å². The van der Waals surface area contributed by atoms with Crippen molar-refractivity contribution in [1.29, 1.82) is 0 Å². The maximum absolute atomic E-state index is 12.9. The van der Waals surface area contributed by atoms with E-state index >= 15 is 0 Å². The van der Waals surface area contributed by atoms with E-state index in [1.807, 2.05) is 0 Å². The van der Waals surface area contributed by atoms with Crippen LogP contribution in [0.3, 0.4) is 0 Å². The van der Waals surface area contributed by atoms with Gasteiger partial charge >= 0.3 is 11.9 Å². The fraction of sp³-hybridized carbons (Fsp3) is 0.381. The molecule has 34 heavy (non-hydrogen) atoms. The van der Waals surface area contributed by atoms with Crippen molar-refractivity contribution in [3.63, 3.8) is 0 Å². The molecule has 3 aromatic rings. The van der Waals surface area contributed by atoms with Crippen molar-refractivity contribution in [2.75, 3.05) is 11.1 Å². The van der Waals surface area contributed by atoms with E-state index in [2.05, 4.69) is 15.4 Å². The molecule has 3 aromatic heterocycles. The molecule has 3 heterocycles. The predicted molar refractivity (Wildman–Crippen MR) is 116 cm³/mol. The molecule has 0 unspecified atom stereocenters. The predicted octanol–water partition coefficient (Wildman–Crippen LogP) is 1.93. The summed E-state index contributed by atoms with van der Waals surface area (Å²) in [6.07, 6.45) is 1.04. The largest absolute Gasteiger partial charge is 0.433 e. The van der Waals surface area contributed by atoms with Crippen molar-refractivity contribution in [3.05, 3.63) is 68.4 Å². The maximum atomic E-state index is 12.9. The Hall–Kier alpha value is -3.90.